The number of carboxylic acids is 1. The Kier molecular flexibility index (Phi) is 32.2. The predicted octanol–water partition coefficient (Wildman–Crippen LogP) is 18.9. The molecule has 3 atom stereocenters. The molecule has 32 heteroatoms. The van der Waals surface area contributed by atoms with Crippen LogP contribution in [0.2, 0.25) is 0 Å². The number of nitrogens with zero attached hydrogens (tertiary/aromatic N) is 11. The van der Waals surface area contributed by atoms with E-state index in [0.29, 0.717) is 66.6 Å². The number of ether oxygens (including phenoxy) is 6. The number of carbonyl (C=O) groups is 9. The van der Waals surface area contributed by atoms with E-state index in [0.717, 1.165) is 106 Å². The van der Waals surface area contributed by atoms with Crippen molar-refractivity contribution in [3.63, 3.8) is 0 Å². The first-order valence-corrected chi connectivity index (χ1v) is 51.2. The summed E-state index contributed by atoms with van der Waals surface area (Å²) in [5.41, 5.74) is 20.9. The molecule has 20 rings (SSSR count). The number of amides is 5. The lowest BCUT2D eigenvalue weighted by molar-refractivity contribution is -0.198. The number of hydroxylamine groups is 2. The van der Waals surface area contributed by atoms with Crippen LogP contribution in [-0.4, -0.2) is 174 Å². The van der Waals surface area contributed by atoms with Crippen molar-refractivity contribution in [1.82, 2.24) is 33.5 Å². The molecule has 746 valence electrons. The van der Waals surface area contributed by atoms with E-state index in [2.05, 4.69) is 176 Å². The summed E-state index contributed by atoms with van der Waals surface area (Å²) < 4.78 is 38.0. The van der Waals surface area contributed by atoms with Gasteiger partial charge in [-0.3, -0.25) is 24.0 Å². The highest BCUT2D eigenvalue weighted by Crippen LogP contribution is 2.49. The minimum atomic E-state index is -1.02. The number of nitroso groups, excluding NO2 is 1. The molecule has 3 unspecified atom stereocenters. The molecule has 0 radical (unpaired) electrons. The van der Waals surface area contributed by atoms with Gasteiger partial charge in [-0.15, -0.1) is 44.0 Å². The molecule has 3 aliphatic carbocycles. The van der Waals surface area contributed by atoms with Gasteiger partial charge in [-0.1, -0.05) is 72.8 Å². The van der Waals surface area contributed by atoms with Crippen molar-refractivity contribution in [2.45, 2.75) is 161 Å². The third-order valence-electron chi connectivity index (χ3n) is 26.7. The zero-order valence-electron chi connectivity index (χ0n) is 82.0. The molecular weight excluding hydrogens is 1880 g/mol. The van der Waals surface area contributed by atoms with Gasteiger partial charge in [0.15, 0.2) is 26.4 Å². The molecule has 1 N–H and O–H groups in total. The fraction of sp³-hybridized carbons (Fsp3) is 0.330. The number of esters is 2. The minimum absolute atomic E-state index is 0.0141. The molecule has 6 aromatic heterocycles. The quantitative estimate of drug-likeness (QED) is 0.0270. The summed E-state index contributed by atoms with van der Waals surface area (Å²) in [6.07, 6.45) is 20.9. The van der Waals surface area contributed by atoms with Crippen molar-refractivity contribution >= 4 is 110 Å². The Bertz CT molecular complexity index is 6780. The van der Waals surface area contributed by atoms with Crippen molar-refractivity contribution in [3.05, 3.63) is 328 Å². The van der Waals surface area contributed by atoms with E-state index in [1.54, 1.807) is 62.4 Å². The average Bonchev–Trinajstić information content (AvgIpc) is 1.59. The van der Waals surface area contributed by atoms with Crippen LogP contribution in [0.5, 0.6) is 23.0 Å². The number of hydrogen-bond acceptors (Lipinski definition) is 24. The number of benzene rings is 7. The molecule has 7 aromatic carbocycles. The first-order valence-electron chi connectivity index (χ1n) is 48.8. The van der Waals surface area contributed by atoms with Gasteiger partial charge in [0.05, 0.1) is 67.7 Å². The van der Waals surface area contributed by atoms with E-state index < -0.39 is 48.9 Å². The molecular formula is C112H117N11O18S3. The first kappa shape index (κ1) is 101. The summed E-state index contributed by atoms with van der Waals surface area (Å²) in [7, 11) is 12.2. The Morgan fingerprint density at radius 3 is 0.944 bits per heavy atom. The second-order valence-electron chi connectivity index (χ2n) is 36.9. The minimum Gasteiger partial charge on any atom is -0.482 e. The third kappa shape index (κ3) is 23.2. The molecule has 0 saturated carbocycles. The summed E-state index contributed by atoms with van der Waals surface area (Å²) in [6.45, 7) is 4.69. The van der Waals surface area contributed by atoms with Gasteiger partial charge in [0, 0.05) is 142 Å². The standard InChI is InChI=1S/C36H36N4O6S.C34H37N3O4S.C32H33N3O4S.C10H11NO4/c1-37(2)25-13-11-24(12-14-25)35-29-7-5-19-38(29)36-28(27-6-3-4-8-30(27)47-36)21-39(35)33(43)20-23-9-15-26(16-10-23)45-22-34(44)46-40-31(41)17-18-32(40)42;1-4-40-32(39)22-41-26-17-11-23(12-18-26)20-31(38)37-21-28-27-8-5-6-10-30(27)42-34(28)36-19-7-9-29(36)33(37)24-13-15-25(16-14-24)35(2)3;1-33(2)23-13-11-22(12-14-23)31-27-7-5-17-34(27)32-26(25-6-3-4-8-28(25)40-32)19-35(31)29(36)18-21-9-15-24(16-10-21)39-20-30(37)38;1-2-14-10(12)7-15-9-5-3-8(11-13)4-6-9/h5,7,9-16,19,35H,3-4,6,8,17-18,20-22H2,1-2H3;7,9,11-19,33H,4-6,8,10,20-22H2,1-3H3;5,7,9-17,31H,3-4,6,8,18-20H2,1-2H3,(H,37,38);3-6H,2,7H2,1H3. The van der Waals surface area contributed by atoms with Crippen LogP contribution in [0.4, 0.5) is 22.7 Å². The van der Waals surface area contributed by atoms with Crippen LogP contribution in [0.3, 0.4) is 0 Å². The lowest BCUT2D eigenvalue weighted by atomic mass is 9.94. The lowest BCUT2D eigenvalue weighted by Gasteiger charge is -2.32. The summed E-state index contributed by atoms with van der Waals surface area (Å²) >= 11 is 5.67. The predicted molar refractivity (Wildman–Crippen MR) is 553 cm³/mol. The molecule has 13 aromatic rings. The molecule has 10 heterocycles. The highest BCUT2D eigenvalue weighted by atomic mass is 32.1. The molecule has 1 saturated heterocycles. The van der Waals surface area contributed by atoms with Crippen molar-refractivity contribution in [1.29, 1.82) is 0 Å². The van der Waals surface area contributed by atoms with Gasteiger partial charge in [0.2, 0.25) is 17.7 Å². The molecule has 5 amide bonds. The second-order valence-corrected chi connectivity index (χ2v) is 40.1. The Labute approximate surface area is 848 Å². The number of rotatable bonds is 28. The van der Waals surface area contributed by atoms with Crippen molar-refractivity contribution < 1.29 is 81.5 Å². The highest BCUT2D eigenvalue weighted by Gasteiger charge is 2.42. The Balaban J connectivity index is 0.000000138. The number of thiophene rings is 3. The van der Waals surface area contributed by atoms with Crippen molar-refractivity contribution in [2.24, 2.45) is 5.18 Å². The number of carboxylic acid groups (broad SMARTS) is 1. The second kappa shape index (κ2) is 46.0. The third-order valence-corrected chi connectivity index (χ3v) is 30.7. The van der Waals surface area contributed by atoms with Crippen LogP contribution >= 0.6 is 34.0 Å². The molecule has 1 fully saturated rings. The van der Waals surface area contributed by atoms with Gasteiger partial charge in [-0.05, 0) is 280 Å². The maximum Gasteiger partial charge on any atom is 0.370 e. The van der Waals surface area contributed by atoms with E-state index in [1.165, 1.54) is 114 Å². The maximum atomic E-state index is 14.4. The van der Waals surface area contributed by atoms with Crippen LogP contribution in [0.25, 0.3) is 15.0 Å². The molecule has 144 heavy (non-hydrogen) atoms. The first-order chi connectivity index (χ1) is 69.8. The summed E-state index contributed by atoms with van der Waals surface area (Å²) in [6, 6.07) is 65.2. The van der Waals surface area contributed by atoms with Crippen molar-refractivity contribution in [3.8, 4) is 38.0 Å². The number of carbonyl (C=O) groups excluding carboxylic acids is 8. The van der Waals surface area contributed by atoms with Crippen LogP contribution in [0, 0.1) is 4.91 Å². The number of aliphatic carboxylic acids is 1. The van der Waals surface area contributed by atoms with Gasteiger partial charge in [0.25, 0.3) is 11.8 Å². The topological polar surface area (TPSA) is 305 Å². The van der Waals surface area contributed by atoms with Gasteiger partial charge < -0.3 is 81.5 Å². The van der Waals surface area contributed by atoms with Crippen LogP contribution in [0.1, 0.15) is 182 Å². The lowest BCUT2D eigenvalue weighted by Crippen LogP contribution is -2.36. The smallest absolute Gasteiger partial charge is 0.370 e. The van der Waals surface area contributed by atoms with Gasteiger partial charge >= 0.3 is 23.9 Å². The summed E-state index contributed by atoms with van der Waals surface area (Å²) in [4.78, 5) is 144. The van der Waals surface area contributed by atoms with Crippen LogP contribution in [-0.2, 0) is 135 Å². The number of anilines is 3. The van der Waals surface area contributed by atoms with Gasteiger partial charge in [-0.25, -0.2) is 19.2 Å². The Morgan fingerprint density at radius 2 is 0.653 bits per heavy atom. The molecule has 0 spiro atoms. The zero-order chi connectivity index (χ0) is 101. The number of imide groups is 1. The van der Waals surface area contributed by atoms with E-state index in [-0.39, 0.29) is 81.2 Å². The van der Waals surface area contributed by atoms with E-state index in [9.17, 15) is 48.1 Å². The Hall–Kier alpha value is -14.9. The fourth-order valence-corrected chi connectivity index (χ4v) is 23.7. The largest absolute Gasteiger partial charge is 0.482 e. The zero-order valence-corrected chi connectivity index (χ0v) is 84.5. The summed E-state index contributed by atoms with van der Waals surface area (Å²) in [5.74, 6) is -1.70. The number of fused-ring (bicyclic) bond motifs is 15. The summed E-state index contributed by atoms with van der Waals surface area (Å²) in [5, 5.41) is 15.8. The number of hydrogen-bond donors (Lipinski definition) is 1. The number of aromatic nitrogens is 3. The van der Waals surface area contributed by atoms with Gasteiger partial charge in [-0.2, -0.15) is 0 Å². The Morgan fingerprint density at radius 1 is 0.361 bits per heavy atom. The maximum absolute atomic E-state index is 14.4. The molecule has 7 aliphatic rings. The molecule has 29 nitrogen and oxygen atoms in total. The molecule has 4 aliphatic heterocycles. The van der Waals surface area contributed by atoms with Crippen LogP contribution < -0.4 is 33.6 Å². The van der Waals surface area contributed by atoms with E-state index >= 15 is 0 Å². The monoisotopic (exact) mass is 2000 g/mol. The average molecular weight is 2000 g/mol. The normalized spacial score (nSPS) is 15.6. The SMILES string of the molecule is CCOC(=O)COc1ccc(CC(=O)N2Cc3c(sc4c3CCCC4)-n3cccc3C2c2ccc(N(C)C)cc2)cc1.CCOC(=O)COc1ccc(N=O)cc1.CN(C)c1ccc(C2c3cccn3-c3sc4c(c3CN2C(=O)Cc2ccc(OCC(=O)O)cc2)CCCC4)cc1.CN(C)c1ccc(C2c3cccn3-c3sc4c(c3CN2C(=O)Cc2ccc(OCC(=O)ON3C(=O)CCC3=O)cc2)CCCC4)cc1. The van der Waals surface area contributed by atoms with Crippen molar-refractivity contribution in [2.75, 3.05) is 96.6 Å². The highest BCUT2D eigenvalue weighted by molar-refractivity contribution is 7.15. The van der Waals surface area contributed by atoms with Crippen LogP contribution in [0.15, 0.2) is 230 Å². The van der Waals surface area contributed by atoms with E-state index in [4.69, 9.17) is 33.6 Å². The molecule has 0 bridgehead atoms. The number of aryl methyl sites for hydroxylation is 3. The fourth-order valence-electron chi connectivity index (χ4n) is 19.5. The van der Waals surface area contributed by atoms with Gasteiger partial charge in [0.1, 0.15) is 43.7 Å². The van der Waals surface area contributed by atoms with E-state index in [1.807, 2.05) is 118 Å².